The summed E-state index contributed by atoms with van der Waals surface area (Å²) in [6, 6.07) is 14.2. The fourth-order valence-corrected chi connectivity index (χ4v) is 3.26. The third-order valence-corrected chi connectivity index (χ3v) is 4.71. The van der Waals surface area contributed by atoms with Crippen molar-refractivity contribution in [1.82, 2.24) is 14.8 Å². The summed E-state index contributed by atoms with van der Waals surface area (Å²) in [4.78, 5) is 21.9. The zero-order valence-corrected chi connectivity index (χ0v) is 17.6. The predicted molar refractivity (Wildman–Crippen MR) is 117 cm³/mol. The Morgan fingerprint density at radius 3 is 2.48 bits per heavy atom. The third-order valence-electron chi connectivity index (χ3n) is 4.71. The average Bonchev–Trinajstić information content (AvgIpc) is 3.23. The number of fused-ring (bicyclic) bond motifs is 1. The normalized spacial score (nSPS) is 11.5. The molecule has 0 bridgehead atoms. The Morgan fingerprint density at radius 2 is 1.83 bits per heavy atom. The Labute approximate surface area is 177 Å². The standard InChI is InChI=1S/C22H26N4O2.ClH/c1-3-7-18(8-4-2)22(27)28-25-21(14-26-16-23-15-24-26)20-12-11-17-9-5-6-10-19(17)13-20;/h5-6,9-13,15-16,18H,3-4,7-8,14H2,1-2H3;1H/b25-21+;. The molecule has 0 saturated carbocycles. The van der Waals surface area contributed by atoms with Crippen LogP contribution in [0.15, 0.2) is 60.3 Å². The lowest BCUT2D eigenvalue weighted by Gasteiger charge is -2.12. The van der Waals surface area contributed by atoms with Crippen LogP contribution in [0.5, 0.6) is 0 Å². The first kappa shape index (κ1) is 22.6. The largest absolute Gasteiger partial charge is 0.338 e. The Kier molecular flexibility index (Phi) is 8.80. The SMILES string of the molecule is CCCC(CCC)C(=O)O/N=C(\Cn1cncn1)c1ccc2ccccc2c1.Cl. The van der Waals surface area contributed by atoms with Crippen LogP contribution in [0.4, 0.5) is 0 Å². The molecule has 154 valence electrons. The highest BCUT2D eigenvalue weighted by atomic mass is 35.5. The Balaban J connectivity index is 0.00000300. The number of oxime groups is 1. The lowest BCUT2D eigenvalue weighted by molar-refractivity contribution is -0.149. The summed E-state index contributed by atoms with van der Waals surface area (Å²) in [6.07, 6.45) is 6.62. The molecule has 0 unspecified atom stereocenters. The second-order valence-electron chi connectivity index (χ2n) is 6.88. The second-order valence-corrected chi connectivity index (χ2v) is 6.88. The first-order valence-electron chi connectivity index (χ1n) is 9.80. The summed E-state index contributed by atoms with van der Waals surface area (Å²) >= 11 is 0. The maximum Gasteiger partial charge on any atom is 0.338 e. The smallest absolute Gasteiger partial charge is 0.318 e. The van der Waals surface area contributed by atoms with Gasteiger partial charge in [-0.25, -0.2) is 14.5 Å². The second kappa shape index (κ2) is 11.3. The monoisotopic (exact) mass is 414 g/mol. The van der Waals surface area contributed by atoms with Gasteiger partial charge in [0.2, 0.25) is 0 Å². The van der Waals surface area contributed by atoms with Crippen molar-refractivity contribution in [2.45, 2.75) is 46.1 Å². The van der Waals surface area contributed by atoms with Crippen molar-refractivity contribution in [2.75, 3.05) is 0 Å². The van der Waals surface area contributed by atoms with Crippen LogP contribution in [0.1, 0.15) is 45.1 Å². The predicted octanol–water partition coefficient (Wildman–Crippen LogP) is 5.02. The molecule has 29 heavy (non-hydrogen) atoms. The highest BCUT2D eigenvalue weighted by Crippen LogP contribution is 2.18. The van der Waals surface area contributed by atoms with Gasteiger partial charge in [0.1, 0.15) is 18.4 Å². The van der Waals surface area contributed by atoms with Crippen molar-refractivity contribution in [3.8, 4) is 0 Å². The Morgan fingerprint density at radius 1 is 1.10 bits per heavy atom. The molecule has 0 saturated heterocycles. The Hall–Kier alpha value is -2.73. The molecule has 0 N–H and O–H groups in total. The number of nitrogens with zero attached hydrogens (tertiary/aromatic N) is 4. The minimum absolute atomic E-state index is 0. The quantitative estimate of drug-likeness (QED) is 0.280. The number of rotatable bonds is 9. The van der Waals surface area contributed by atoms with Gasteiger partial charge in [0.15, 0.2) is 0 Å². The zero-order valence-electron chi connectivity index (χ0n) is 16.8. The van der Waals surface area contributed by atoms with E-state index in [9.17, 15) is 4.79 Å². The minimum atomic E-state index is -0.263. The molecule has 1 aromatic heterocycles. The van der Waals surface area contributed by atoms with Gasteiger partial charge in [-0.05, 0) is 29.7 Å². The molecule has 0 spiro atoms. The molecule has 0 aliphatic carbocycles. The summed E-state index contributed by atoms with van der Waals surface area (Å²) in [7, 11) is 0. The van der Waals surface area contributed by atoms with E-state index < -0.39 is 0 Å². The van der Waals surface area contributed by atoms with E-state index in [1.807, 2.05) is 24.3 Å². The highest BCUT2D eigenvalue weighted by Gasteiger charge is 2.19. The lowest BCUT2D eigenvalue weighted by Crippen LogP contribution is -2.18. The lowest BCUT2D eigenvalue weighted by atomic mass is 9.99. The van der Waals surface area contributed by atoms with Crippen LogP contribution in [0, 0.1) is 5.92 Å². The molecule has 3 aromatic rings. The van der Waals surface area contributed by atoms with Gasteiger partial charge in [-0.2, -0.15) is 5.10 Å². The van der Waals surface area contributed by atoms with Gasteiger partial charge in [0.25, 0.3) is 0 Å². The topological polar surface area (TPSA) is 69.4 Å². The summed E-state index contributed by atoms with van der Waals surface area (Å²) in [5.41, 5.74) is 1.53. The van der Waals surface area contributed by atoms with Crippen LogP contribution in [0.2, 0.25) is 0 Å². The first-order chi connectivity index (χ1) is 13.7. The summed E-state index contributed by atoms with van der Waals surface area (Å²) in [6.45, 7) is 4.52. The van der Waals surface area contributed by atoms with Crippen LogP contribution < -0.4 is 0 Å². The number of hydrogen-bond acceptors (Lipinski definition) is 5. The number of aromatic nitrogens is 3. The van der Waals surface area contributed by atoms with Crippen molar-refractivity contribution < 1.29 is 9.63 Å². The van der Waals surface area contributed by atoms with E-state index in [4.69, 9.17) is 4.84 Å². The van der Waals surface area contributed by atoms with Crippen molar-refractivity contribution in [3.05, 3.63) is 60.7 Å². The fraction of sp³-hybridized carbons (Fsp3) is 0.364. The number of carbonyl (C=O) groups excluding carboxylic acids is 1. The molecular weight excluding hydrogens is 388 g/mol. The molecule has 0 atom stereocenters. The van der Waals surface area contributed by atoms with Gasteiger partial charge >= 0.3 is 5.97 Å². The zero-order chi connectivity index (χ0) is 19.8. The molecule has 7 heteroatoms. The van der Waals surface area contributed by atoms with Crippen molar-refractivity contribution in [1.29, 1.82) is 0 Å². The van der Waals surface area contributed by atoms with E-state index in [0.717, 1.165) is 42.0 Å². The van der Waals surface area contributed by atoms with Crippen LogP contribution in [-0.2, 0) is 16.2 Å². The maximum absolute atomic E-state index is 12.5. The van der Waals surface area contributed by atoms with Gasteiger partial charge in [0.05, 0.1) is 12.5 Å². The number of carbonyl (C=O) groups is 1. The van der Waals surface area contributed by atoms with E-state index in [1.54, 1.807) is 11.0 Å². The van der Waals surface area contributed by atoms with E-state index in [1.165, 1.54) is 6.33 Å². The minimum Gasteiger partial charge on any atom is -0.318 e. The molecule has 0 aliphatic rings. The van der Waals surface area contributed by atoms with E-state index >= 15 is 0 Å². The molecule has 3 rings (SSSR count). The van der Waals surface area contributed by atoms with E-state index in [2.05, 4.69) is 47.3 Å². The first-order valence-corrected chi connectivity index (χ1v) is 9.80. The summed E-state index contributed by atoms with van der Waals surface area (Å²) in [5.74, 6) is -0.372. The highest BCUT2D eigenvalue weighted by molar-refractivity contribution is 6.03. The van der Waals surface area contributed by atoms with E-state index in [0.29, 0.717) is 12.3 Å². The molecule has 2 aromatic carbocycles. The average molecular weight is 415 g/mol. The van der Waals surface area contributed by atoms with Crippen LogP contribution in [0.3, 0.4) is 0 Å². The van der Waals surface area contributed by atoms with Crippen molar-refractivity contribution in [3.63, 3.8) is 0 Å². The summed E-state index contributed by atoms with van der Waals surface area (Å²) < 4.78 is 1.66. The van der Waals surface area contributed by atoms with Crippen LogP contribution in [-0.4, -0.2) is 26.4 Å². The van der Waals surface area contributed by atoms with Gasteiger partial charge in [0, 0.05) is 5.56 Å². The fourth-order valence-electron chi connectivity index (χ4n) is 3.26. The maximum atomic E-state index is 12.5. The number of benzene rings is 2. The van der Waals surface area contributed by atoms with E-state index in [-0.39, 0.29) is 24.3 Å². The van der Waals surface area contributed by atoms with Crippen molar-refractivity contribution >= 4 is 34.9 Å². The molecule has 0 amide bonds. The third kappa shape index (κ3) is 6.12. The summed E-state index contributed by atoms with van der Waals surface area (Å²) in [5, 5.41) is 10.6. The van der Waals surface area contributed by atoms with Crippen LogP contribution >= 0.6 is 12.4 Å². The van der Waals surface area contributed by atoms with Gasteiger partial charge in [-0.1, -0.05) is 68.2 Å². The molecular formula is C22H27ClN4O2. The Bertz CT molecular complexity index is 935. The number of halogens is 1. The molecule has 0 aliphatic heterocycles. The van der Waals surface area contributed by atoms with Crippen LogP contribution in [0.25, 0.3) is 10.8 Å². The molecule has 6 nitrogen and oxygen atoms in total. The van der Waals surface area contributed by atoms with Gasteiger partial charge in [-0.3, -0.25) is 0 Å². The van der Waals surface area contributed by atoms with Crippen molar-refractivity contribution in [2.24, 2.45) is 11.1 Å². The molecule has 0 radical (unpaired) electrons. The molecule has 0 fully saturated rings. The van der Waals surface area contributed by atoms with Gasteiger partial charge in [-0.15, -0.1) is 12.4 Å². The molecule has 1 heterocycles. The number of hydrogen-bond donors (Lipinski definition) is 0. The van der Waals surface area contributed by atoms with Gasteiger partial charge < -0.3 is 4.84 Å².